The highest BCUT2D eigenvalue weighted by molar-refractivity contribution is 7.88. The first-order valence-corrected chi connectivity index (χ1v) is 13.4. The number of benzene rings is 2. The van der Waals surface area contributed by atoms with Gasteiger partial charge in [0.25, 0.3) is 0 Å². The number of nitrogens with one attached hydrogen (secondary N) is 1. The number of likely N-dealkylation sites (tertiary alicyclic amines) is 1. The van der Waals surface area contributed by atoms with Crippen LogP contribution in [-0.4, -0.2) is 55.2 Å². The molecule has 6 nitrogen and oxygen atoms in total. The number of sulfonamides is 1. The predicted molar refractivity (Wildman–Crippen MR) is 133 cm³/mol. The van der Waals surface area contributed by atoms with Crippen LogP contribution < -0.4 is 5.32 Å². The van der Waals surface area contributed by atoms with Crippen molar-refractivity contribution in [1.82, 2.24) is 9.21 Å². The molecule has 178 valence electrons. The fourth-order valence-electron chi connectivity index (χ4n) is 5.38. The zero-order valence-corrected chi connectivity index (χ0v) is 20.8. The minimum absolute atomic E-state index is 0.0313. The summed E-state index contributed by atoms with van der Waals surface area (Å²) in [6.45, 7) is 6.54. The normalized spacial score (nSPS) is 20.7. The van der Waals surface area contributed by atoms with Gasteiger partial charge in [-0.05, 0) is 81.4 Å². The van der Waals surface area contributed by atoms with E-state index in [9.17, 15) is 13.2 Å². The number of hydrogen-bond donors (Lipinski definition) is 1. The molecule has 2 fully saturated rings. The second kappa shape index (κ2) is 9.37. The van der Waals surface area contributed by atoms with Crippen molar-refractivity contribution in [1.29, 1.82) is 0 Å². The molecule has 33 heavy (non-hydrogen) atoms. The molecule has 0 saturated carbocycles. The summed E-state index contributed by atoms with van der Waals surface area (Å²) in [4.78, 5) is 14.6. The Hall–Kier alpha value is -1.93. The average Bonchev–Trinajstić information content (AvgIpc) is 3.03. The quantitative estimate of drug-likeness (QED) is 0.654. The number of rotatable bonds is 6. The van der Waals surface area contributed by atoms with Gasteiger partial charge in [0.05, 0.1) is 12.3 Å². The smallest absolute Gasteiger partial charge is 0.238 e. The molecular formula is C25H32ClN3O3S. The lowest BCUT2D eigenvalue weighted by atomic mass is 9.74. The standard InChI is InChI=1S/C25H32ClN3O3S/c1-24(2)18-25(19-29(24)33(31,32)17-20-6-4-3-5-7-20)12-14-28(15-13-25)16-23(30)27-22-10-8-21(26)9-11-22/h3-11H,12-19H2,1-2H3,(H,27,30). The molecule has 2 aliphatic rings. The Morgan fingerprint density at radius 3 is 2.30 bits per heavy atom. The molecule has 1 amide bonds. The number of amides is 1. The van der Waals surface area contributed by atoms with E-state index in [1.54, 1.807) is 28.6 Å². The highest BCUT2D eigenvalue weighted by Gasteiger charge is 2.53. The molecule has 2 aromatic rings. The molecule has 2 aliphatic heterocycles. The largest absolute Gasteiger partial charge is 0.325 e. The van der Waals surface area contributed by atoms with Crippen LogP contribution in [0.5, 0.6) is 0 Å². The van der Waals surface area contributed by atoms with Crippen LogP contribution in [0.3, 0.4) is 0 Å². The topological polar surface area (TPSA) is 69.7 Å². The molecule has 0 aliphatic carbocycles. The van der Waals surface area contributed by atoms with Gasteiger partial charge in [-0.2, -0.15) is 4.31 Å². The molecule has 1 spiro atoms. The Balaban J connectivity index is 1.35. The Morgan fingerprint density at radius 2 is 1.67 bits per heavy atom. The molecule has 0 radical (unpaired) electrons. The van der Waals surface area contributed by atoms with Gasteiger partial charge in [0.1, 0.15) is 0 Å². The zero-order chi connectivity index (χ0) is 23.7. The lowest BCUT2D eigenvalue weighted by Gasteiger charge is -2.39. The monoisotopic (exact) mass is 489 g/mol. The Labute approximate surface area is 202 Å². The molecule has 0 aromatic heterocycles. The molecule has 0 atom stereocenters. The molecule has 0 unspecified atom stereocenters. The molecular weight excluding hydrogens is 458 g/mol. The van der Waals surface area contributed by atoms with Gasteiger partial charge in [0, 0.05) is 22.8 Å². The Kier molecular flexibility index (Phi) is 6.87. The lowest BCUT2D eigenvalue weighted by Crippen LogP contribution is -2.45. The summed E-state index contributed by atoms with van der Waals surface area (Å²) in [5.74, 6) is -0.0169. The summed E-state index contributed by atoms with van der Waals surface area (Å²) < 4.78 is 28.3. The summed E-state index contributed by atoms with van der Waals surface area (Å²) in [5, 5.41) is 3.55. The van der Waals surface area contributed by atoms with Gasteiger partial charge < -0.3 is 5.32 Å². The van der Waals surface area contributed by atoms with Gasteiger partial charge in [-0.15, -0.1) is 0 Å². The third-order valence-corrected chi connectivity index (χ3v) is 9.15. The van der Waals surface area contributed by atoms with E-state index < -0.39 is 15.6 Å². The predicted octanol–water partition coefficient (Wildman–Crippen LogP) is 4.38. The summed E-state index contributed by atoms with van der Waals surface area (Å²) in [6, 6.07) is 16.5. The van der Waals surface area contributed by atoms with E-state index in [1.165, 1.54) is 0 Å². The number of piperidine rings is 1. The SMILES string of the molecule is CC1(C)CC2(CCN(CC(=O)Nc3ccc(Cl)cc3)CC2)CN1S(=O)(=O)Cc1ccccc1. The molecule has 2 aromatic carbocycles. The first kappa shape index (κ1) is 24.2. The highest BCUT2D eigenvalue weighted by atomic mass is 35.5. The third kappa shape index (κ3) is 5.77. The van der Waals surface area contributed by atoms with Crippen LogP contribution in [0.2, 0.25) is 5.02 Å². The van der Waals surface area contributed by atoms with Crippen LogP contribution in [-0.2, 0) is 20.6 Å². The average molecular weight is 490 g/mol. The molecule has 2 saturated heterocycles. The summed E-state index contributed by atoms with van der Waals surface area (Å²) >= 11 is 5.90. The van der Waals surface area contributed by atoms with Crippen molar-refractivity contribution in [3.05, 3.63) is 65.2 Å². The fourth-order valence-corrected chi connectivity index (χ4v) is 7.56. The first-order chi connectivity index (χ1) is 15.6. The van der Waals surface area contributed by atoms with Crippen molar-refractivity contribution < 1.29 is 13.2 Å². The van der Waals surface area contributed by atoms with Crippen molar-refractivity contribution in [3.63, 3.8) is 0 Å². The maximum Gasteiger partial charge on any atom is 0.238 e. The Bertz CT molecular complexity index is 1080. The number of carbonyl (C=O) groups is 1. The number of anilines is 1. The molecule has 4 rings (SSSR count). The van der Waals surface area contributed by atoms with Crippen LogP contribution in [0.4, 0.5) is 5.69 Å². The number of halogens is 1. The minimum Gasteiger partial charge on any atom is -0.325 e. The van der Waals surface area contributed by atoms with E-state index in [4.69, 9.17) is 11.6 Å². The fraction of sp³-hybridized carbons (Fsp3) is 0.480. The summed E-state index contributed by atoms with van der Waals surface area (Å²) in [7, 11) is -3.42. The molecule has 0 bridgehead atoms. The van der Waals surface area contributed by atoms with Gasteiger partial charge in [-0.3, -0.25) is 9.69 Å². The van der Waals surface area contributed by atoms with Gasteiger partial charge in [0.15, 0.2) is 0 Å². The number of hydrogen-bond acceptors (Lipinski definition) is 4. The van der Waals surface area contributed by atoms with E-state index in [0.717, 1.165) is 43.6 Å². The van der Waals surface area contributed by atoms with Gasteiger partial charge in [-0.25, -0.2) is 8.42 Å². The third-order valence-electron chi connectivity index (χ3n) is 6.90. The van der Waals surface area contributed by atoms with Crippen molar-refractivity contribution >= 4 is 33.2 Å². The van der Waals surface area contributed by atoms with E-state index >= 15 is 0 Å². The van der Waals surface area contributed by atoms with E-state index in [1.807, 2.05) is 44.2 Å². The number of nitrogens with zero attached hydrogens (tertiary/aromatic N) is 2. The van der Waals surface area contributed by atoms with E-state index in [0.29, 0.717) is 18.1 Å². The van der Waals surface area contributed by atoms with Crippen LogP contribution in [0.15, 0.2) is 54.6 Å². The second-order valence-corrected chi connectivity index (χ2v) is 12.4. The minimum atomic E-state index is -3.42. The van der Waals surface area contributed by atoms with E-state index in [-0.39, 0.29) is 17.1 Å². The number of carbonyl (C=O) groups excluding carboxylic acids is 1. The molecule has 2 heterocycles. The first-order valence-electron chi connectivity index (χ1n) is 11.4. The molecule has 8 heteroatoms. The van der Waals surface area contributed by atoms with E-state index in [2.05, 4.69) is 10.2 Å². The Morgan fingerprint density at radius 1 is 1.03 bits per heavy atom. The lowest BCUT2D eigenvalue weighted by molar-refractivity contribution is -0.117. The summed E-state index contributed by atoms with van der Waals surface area (Å²) in [6.07, 6.45) is 2.63. The van der Waals surface area contributed by atoms with Crippen LogP contribution in [0, 0.1) is 5.41 Å². The van der Waals surface area contributed by atoms with Crippen molar-refractivity contribution in [2.24, 2.45) is 5.41 Å². The maximum absolute atomic E-state index is 13.3. The van der Waals surface area contributed by atoms with Gasteiger partial charge in [0.2, 0.25) is 15.9 Å². The van der Waals surface area contributed by atoms with Gasteiger partial charge in [-0.1, -0.05) is 41.9 Å². The molecule has 1 N–H and O–H groups in total. The van der Waals surface area contributed by atoms with Crippen LogP contribution in [0.1, 0.15) is 38.7 Å². The van der Waals surface area contributed by atoms with Crippen molar-refractivity contribution in [3.8, 4) is 0 Å². The van der Waals surface area contributed by atoms with Crippen LogP contribution >= 0.6 is 11.6 Å². The summed E-state index contributed by atoms with van der Waals surface area (Å²) in [5.41, 5.74) is 1.10. The van der Waals surface area contributed by atoms with Crippen molar-refractivity contribution in [2.75, 3.05) is 31.5 Å². The van der Waals surface area contributed by atoms with Gasteiger partial charge >= 0.3 is 0 Å². The highest BCUT2D eigenvalue weighted by Crippen LogP contribution is 2.49. The maximum atomic E-state index is 13.3. The second-order valence-electron chi connectivity index (χ2n) is 10.1. The van der Waals surface area contributed by atoms with Crippen molar-refractivity contribution in [2.45, 2.75) is 44.4 Å². The van der Waals surface area contributed by atoms with Crippen LogP contribution in [0.25, 0.3) is 0 Å². The zero-order valence-electron chi connectivity index (χ0n) is 19.3.